The molecule has 2 N–H and O–H groups in total. The van der Waals surface area contributed by atoms with Crippen LogP contribution in [0.2, 0.25) is 10.0 Å². The topological polar surface area (TPSA) is 41.5 Å². The van der Waals surface area contributed by atoms with E-state index >= 15 is 0 Å². The molecule has 0 spiro atoms. The monoisotopic (exact) mass is 353 g/mol. The molecule has 0 saturated carbocycles. The molecule has 1 atom stereocenters. The van der Waals surface area contributed by atoms with Crippen molar-refractivity contribution in [1.29, 1.82) is 0 Å². The first-order chi connectivity index (χ1) is 11.1. The van der Waals surface area contributed by atoms with Crippen molar-refractivity contribution in [3.63, 3.8) is 0 Å². The zero-order valence-electron chi connectivity index (χ0n) is 13.1. The first-order valence-electron chi connectivity index (χ1n) is 7.66. The van der Waals surface area contributed by atoms with Crippen LogP contribution in [-0.2, 0) is 6.54 Å². The molecule has 0 unspecified atom stereocenters. The highest BCUT2D eigenvalue weighted by Gasteiger charge is 2.12. The second-order valence-corrected chi connectivity index (χ2v) is 6.13. The van der Waals surface area contributed by atoms with Gasteiger partial charge in [-0.1, -0.05) is 60.5 Å². The second-order valence-electron chi connectivity index (χ2n) is 5.28. The largest absolute Gasteiger partial charge is 0.492 e. The minimum atomic E-state index is -0.564. The Bertz CT molecular complexity index is 620. The summed E-state index contributed by atoms with van der Waals surface area (Å²) in [5.74, 6) is 0.652. The molecular formula is C18H21Cl2NO2. The SMILES string of the molecule is CCCOc1c(Cl)cc(Cl)cc1CNC[C@@H](O)c1ccccc1. The van der Waals surface area contributed by atoms with E-state index in [2.05, 4.69) is 5.32 Å². The highest BCUT2D eigenvalue weighted by molar-refractivity contribution is 6.35. The maximum atomic E-state index is 10.2. The molecule has 0 aromatic heterocycles. The summed E-state index contributed by atoms with van der Waals surface area (Å²) in [7, 11) is 0. The van der Waals surface area contributed by atoms with Crippen molar-refractivity contribution in [3.05, 3.63) is 63.6 Å². The molecule has 0 aliphatic rings. The molecule has 0 fully saturated rings. The van der Waals surface area contributed by atoms with Crippen LogP contribution < -0.4 is 10.1 Å². The Morgan fingerprint density at radius 3 is 2.61 bits per heavy atom. The van der Waals surface area contributed by atoms with Crippen LogP contribution in [0, 0.1) is 0 Å². The Morgan fingerprint density at radius 1 is 1.17 bits per heavy atom. The quantitative estimate of drug-likeness (QED) is 0.728. The summed E-state index contributed by atoms with van der Waals surface area (Å²) in [5.41, 5.74) is 1.77. The number of aliphatic hydroxyl groups excluding tert-OH is 1. The van der Waals surface area contributed by atoms with Crippen molar-refractivity contribution >= 4 is 23.2 Å². The van der Waals surface area contributed by atoms with Gasteiger partial charge in [0.05, 0.1) is 17.7 Å². The zero-order valence-corrected chi connectivity index (χ0v) is 14.6. The van der Waals surface area contributed by atoms with Crippen molar-refractivity contribution < 1.29 is 9.84 Å². The second kappa shape index (κ2) is 9.14. The van der Waals surface area contributed by atoms with E-state index in [0.29, 0.717) is 35.5 Å². The minimum Gasteiger partial charge on any atom is -0.492 e. The number of nitrogens with one attached hydrogen (secondary N) is 1. The average Bonchev–Trinajstić information content (AvgIpc) is 2.54. The number of hydrogen-bond donors (Lipinski definition) is 2. The van der Waals surface area contributed by atoms with Gasteiger partial charge in [0.25, 0.3) is 0 Å². The van der Waals surface area contributed by atoms with Crippen molar-refractivity contribution in [1.82, 2.24) is 5.32 Å². The first-order valence-corrected chi connectivity index (χ1v) is 8.41. The van der Waals surface area contributed by atoms with E-state index < -0.39 is 6.10 Å². The van der Waals surface area contributed by atoms with Crippen LogP contribution >= 0.6 is 23.2 Å². The summed E-state index contributed by atoms with van der Waals surface area (Å²) in [6.07, 6.45) is 0.337. The van der Waals surface area contributed by atoms with Gasteiger partial charge in [0.2, 0.25) is 0 Å². The Labute approximate surface area is 147 Å². The lowest BCUT2D eigenvalue weighted by atomic mass is 10.1. The van der Waals surface area contributed by atoms with Gasteiger partial charge in [0.1, 0.15) is 5.75 Å². The van der Waals surface area contributed by atoms with E-state index in [-0.39, 0.29) is 0 Å². The van der Waals surface area contributed by atoms with Gasteiger partial charge in [0.15, 0.2) is 0 Å². The van der Waals surface area contributed by atoms with Crippen LogP contribution in [0.25, 0.3) is 0 Å². The van der Waals surface area contributed by atoms with Crippen LogP contribution in [-0.4, -0.2) is 18.3 Å². The molecule has 0 aliphatic heterocycles. The molecule has 5 heteroatoms. The molecule has 124 valence electrons. The predicted molar refractivity (Wildman–Crippen MR) is 95.4 cm³/mol. The van der Waals surface area contributed by atoms with Crippen LogP contribution in [0.5, 0.6) is 5.75 Å². The van der Waals surface area contributed by atoms with E-state index in [1.165, 1.54) is 0 Å². The van der Waals surface area contributed by atoms with Crippen molar-refractivity contribution in [3.8, 4) is 5.75 Å². The Kier molecular flexibility index (Phi) is 7.18. The van der Waals surface area contributed by atoms with Crippen LogP contribution in [0.15, 0.2) is 42.5 Å². The number of rotatable bonds is 8. The van der Waals surface area contributed by atoms with Gasteiger partial charge in [-0.15, -0.1) is 0 Å². The van der Waals surface area contributed by atoms with Crippen LogP contribution in [0.3, 0.4) is 0 Å². The third-order valence-electron chi connectivity index (χ3n) is 3.37. The smallest absolute Gasteiger partial charge is 0.142 e. The molecule has 23 heavy (non-hydrogen) atoms. The highest BCUT2D eigenvalue weighted by atomic mass is 35.5. The third-order valence-corrected chi connectivity index (χ3v) is 3.87. The van der Waals surface area contributed by atoms with E-state index in [1.54, 1.807) is 6.07 Å². The summed E-state index contributed by atoms with van der Waals surface area (Å²) in [6.45, 7) is 3.59. The lowest BCUT2D eigenvalue weighted by Gasteiger charge is -2.16. The molecule has 2 rings (SSSR count). The van der Waals surface area contributed by atoms with Gasteiger partial charge in [0, 0.05) is 23.7 Å². The van der Waals surface area contributed by atoms with E-state index in [9.17, 15) is 5.11 Å². The average molecular weight is 354 g/mol. The number of ether oxygens (including phenoxy) is 1. The minimum absolute atomic E-state index is 0.432. The van der Waals surface area contributed by atoms with Gasteiger partial charge < -0.3 is 15.2 Å². The van der Waals surface area contributed by atoms with Gasteiger partial charge in [-0.3, -0.25) is 0 Å². The van der Waals surface area contributed by atoms with Crippen molar-refractivity contribution in [2.24, 2.45) is 0 Å². The maximum Gasteiger partial charge on any atom is 0.142 e. The standard InChI is InChI=1S/C18H21Cl2NO2/c1-2-8-23-18-14(9-15(19)10-16(18)20)11-21-12-17(22)13-6-4-3-5-7-13/h3-7,9-10,17,21-22H,2,8,11-12H2,1H3/t17-/m1/s1. The summed E-state index contributed by atoms with van der Waals surface area (Å²) >= 11 is 12.3. The summed E-state index contributed by atoms with van der Waals surface area (Å²) in [5, 5.41) is 14.5. The molecule has 0 bridgehead atoms. The number of halogens is 2. The lowest BCUT2D eigenvalue weighted by molar-refractivity contribution is 0.174. The van der Waals surface area contributed by atoms with E-state index in [4.69, 9.17) is 27.9 Å². The molecule has 0 radical (unpaired) electrons. The van der Waals surface area contributed by atoms with Gasteiger partial charge >= 0.3 is 0 Å². The van der Waals surface area contributed by atoms with Crippen molar-refractivity contribution in [2.75, 3.05) is 13.2 Å². The lowest BCUT2D eigenvalue weighted by Crippen LogP contribution is -2.21. The molecular weight excluding hydrogens is 333 g/mol. The fraction of sp³-hybridized carbons (Fsp3) is 0.333. The summed E-state index contributed by atoms with van der Waals surface area (Å²) in [4.78, 5) is 0. The summed E-state index contributed by atoms with van der Waals surface area (Å²) < 4.78 is 5.72. The molecule has 0 amide bonds. The normalized spacial score (nSPS) is 12.2. The Balaban J connectivity index is 1.99. The van der Waals surface area contributed by atoms with Gasteiger partial charge in [-0.2, -0.15) is 0 Å². The number of aliphatic hydroxyl groups is 1. The number of hydrogen-bond acceptors (Lipinski definition) is 3. The van der Waals surface area contributed by atoms with E-state index in [0.717, 1.165) is 17.5 Å². The highest BCUT2D eigenvalue weighted by Crippen LogP contribution is 2.32. The van der Waals surface area contributed by atoms with Crippen LogP contribution in [0.4, 0.5) is 0 Å². The molecule has 0 heterocycles. The molecule has 2 aromatic rings. The first kappa shape index (κ1) is 18.1. The van der Waals surface area contributed by atoms with Gasteiger partial charge in [-0.25, -0.2) is 0 Å². The maximum absolute atomic E-state index is 10.2. The van der Waals surface area contributed by atoms with E-state index in [1.807, 2.05) is 43.3 Å². The zero-order chi connectivity index (χ0) is 16.7. The van der Waals surface area contributed by atoms with Crippen LogP contribution in [0.1, 0.15) is 30.6 Å². The third kappa shape index (κ3) is 5.40. The van der Waals surface area contributed by atoms with Crippen molar-refractivity contribution in [2.45, 2.75) is 26.0 Å². The molecule has 2 aromatic carbocycles. The summed E-state index contributed by atoms with van der Waals surface area (Å²) in [6, 6.07) is 13.1. The molecule has 0 aliphatic carbocycles. The fourth-order valence-corrected chi connectivity index (χ4v) is 2.84. The Hall–Kier alpha value is -1.26. The molecule has 3 nitrogen and oxygen atoms in total. The number of benzene rings is 2. The Morgan fingerprint density at radius 2 is 1.91 bits per heavy atom. The fourth-order valence-electron chi connectivity index (χ4n) is 2.25. The predicted octanol–water partition coefficient (Wildman–Crippen LogP) is 4.61. The molecule has 0 saturated heterocycles. The van der Waals surface area contributed by atoms with Gasteiger partial charge in [-0.05, 0) is 24.1 Å².